The van der Waals surface area contributed by atoms with Gasteiger partial charge in [-0.2, -0.15) is 0 Å². The first-order chi connectivity index (χ1) is 12.7. The Kier molecular flexibility index (Phi) is 12.1. The van der Waals surface area contributed by atoms with Crippen LogP contribution in [0.5, 0.6) is 5.75 Å². The number of nitrogens with zero attached hydrogens (tertiary/aromatic N) is 1. The molecule has 0 spiro atoms. The van der Waals surface area contributed by atoms with Crippen LogP contribution >= 0.6 is 35.3 Å². The number of aliphatic imine (C=N–C) groups is 1. The van der Waals surface area contributed by atoms with Crippen LogP contribution in [0.3, 0.4) is 0 Å². The number of halogens is 1. The Balaban J connectivity index is 0.00000364. The molecule has 1 unspecified atom stereocenters. The predicted molar refractivity (Wildman–Crippen MR) is 125 cm³/mol. The van der Waals surface area contributed by atoms with Crippen molar-refractivity contribution in [1.29, 1.82) is 0 Å². The minimum absolute atomic E-state index is 0. The molecule has 2 rings (SSSR count). The third-order valence-electron chi connectivity index (χ3n) is 3.91. The number of thiophene rings is 1. The number of methoxy groups -OCH3 is 1. The highest BCUT2D eigenvalue weighted by molar-refractivity contribution is 14.0. The van der Waals surface area contributed by atoms with E-state index in [1.807, 2.05) is 23.5 Å². The van der Waals surface area contributed by atoms with Crippen LogP contribution in [-0.2, 0) is 17.7 Å². The maximum absolute atomic E-state index is 5.58. The standard InChI is InChI=1S/C20H29N3O2S.HI/c1-16(13-19-5-4-12-26-19)14-22-20(21-2)23-15-17-6-8-18(9-7-17)25-11-10-24-3;/h4-9,12,16H,10-11,13-15H2,1-3H3,(H2,21,22,23);1H. The van der Waals surface area contributed by atoms with Crippen molar-refractivity contribution in [3.8, 4) is 5.75 Å². The lowest BCUT2D eigenvalue weighted by Gasteiger charge is -2.16. The molecule has 2 aromatic rings. The molecule has 27 heavy (non-hydrogen) atoms. The Bertz CT molecular complexity index is 648. The highest BCUT2D eigenvalue weighted by atomic mass is 127. The van der Waals surface area contributed by atoms with Crippen LogP contribution in [0.1, 0.15) is 17.4 Å². The molecule has 1 aromatic carbocycles. The van der Waals surface area contributed by atoms with E-state index >= 15 is 0 Å². The Labute approximate surface area is 183 Å². The second-order valence-electron chi connectivity index (χ2n) is 6.18. The van der Waals surface area contributed by atoms with Crippen molar-refractivity contribution in [3.05, 3.63) is 52.2 Å². The van der Waals surface area contributed by atoms with Crippen LogP contribution in [0.4, 0.5) is 0 Å². The lowest BCUT2D eigenvalue weighted by molar-refractivity contribution is 0.146. The Morgan fingerprint density at radius 1 is 1.15 bits per heavy atom. The molecule has 5 nitrogen and oxygen atoms in total. The van der Waals surface area contributed by atoms with Gasteiger partial charge in [-0.25, -0.2) is 0 Å². The topological polar surface area (TPSA) is 54.9 Å². The van der Waals surface area contributed by atoms with E-state index in [4.69, 9.17) is 9.47 Å². The van der Waals surface area contributed by atoms with Crippen molar-refractivity contribution in [2.45, 2.75) is 19.9 Å². The van der Waals surface area contributed by atoms with Crippen molar-refractivity contribution in [2.75, 3.05) is 33.9 Å². The number of benzene rings is 1. The first-order valence-corrected chi connectivity index (χ1v) is 9.76. The number of rotatable bonds is 10. The molecule has 0 aliphatic heterocycles. The zero-order chi connectivity index (χ0) is 18.6. The molecular formula is C20H30IN3O2S. The van der Waals surface area contributed by atoms with Crippen molar-refractivity contribution in [2.24, 2.45) is 10.9 Å². The highest BCUT2D eigenvalue weighted by Crippen LogP contribution is 2.14. The summed E-state index contributed by atoms with van der Waals surface area (Å²) >= 11 is 1.82. The fourth-order valence-electron chi connectivity index (χ4n) is 2.47. The molecule has 1 heterocycles. The van der Waals surface area contributed by atoms with Gasteiger partial charge in [0, 0.05) is 32.1 Å². The molecule has 0 fully saturated rings. The largest absolute Gasteiger partial charge is 0.491 e. The van der Waals surface area contributed by atoms with Crippen LogP contribution in [0.2, 0.25) is 0 Å². The molecule has 0 amide bonds. The van der Waals surface area contributed by atoms with Crippen molar-refractivity contribution in [3.63, 3.8) is 0 Å². The number of hydrogen-bond donors (Lipinski definition) is 2. The van der Waals surface area contributed by atoms with E-state index in [-0.39, 0.29) is 24.0 Å². The molecule has 0 saturated carbocycles. The number of hydrogen-bond acceptors (Lipinski definition) is 4. The van der Waals surface area contributed by atoms with Gasteiger partial charge in [-0.1, -0.05) is 25.1 Å². The Morgan fingerprint density at radius 3 is 2.56 bits per heavy atom. The van der Waals surface area contributed by atoms with E-state index in [1.54, 1.807) is 14.2 Å². The van der Waals surface area contributed by atoms with E-state index in [9.17, 15) is 0 Å². The van der Waals surface area contributed by atoms with Crippen LogP contribution in [0.25, 0.3) is 0 Å². The van der Waals surface area contributed by atoms with Gasteiger partial charge in [-0.3, -0.25) is 4.99 Å². The van der Waals surface area contributed by atoms with Gasteiger partial charge >= 0.3 is 0 Å². The minimum atomic E-state index is 0. The molecular weight excluding hydrogens is 473 g/mol. The van der Waals surface area contributed by atoms with Gasteiger partial charge in [0.05, 0.1) is 6.61 Å². The molecule has 0 saturated heterocycles. The van der Waals surface area contributed by atoms with E-state index in [0.717, 1.165) is 31.2 Å². The fraction of sp³-hybridized carbons (Fsp3) is 0.450. The second kappa shape index (κ2) is 13.8. The maximum atomic E-state index is 5.58. The van der Waals surface area contributed by atoms with Gasteiger partial charge in [0.2, 0.25) is 0 Å². The fourth-order valence-corrected chi connectivity index (χ4v) is 3.34. The van der Waals surface area contributed by atoms with Crippen molar-refractivity contribution < 1.29 is 9.47 Å². The monoisotopic (exact) mass is 503 g/mol. The first-order valence-electron chi connectivity index (χ1n) is 8.89. The van der Waals surface area contributed by atoms with Gasteiger partial charge < -0.3 is 20.1 Å². The van der Waals surface area contributed by atoms with Crippen molar-refractivity contribution >= 4 is 41.3 Å². The van der Waals surface area contributed by atoms with E-state index in [1.165, 1.54) is 10.4 Å². The molecule has 0 aliphatic rings. The molecule has 0 aliphatic carbocycles. The smallest absolute Gasteiger partial charge is 0.191 e. The lowest BCUT2D eigenvalue weighted by Crippen LogP contribution is -2.39. The van der Waals surface area contributed by atoms with E-state index in [0.29, 0.717) is 19.1 Å². The van der Waals surface area contributed by atoms with E-state index in [2.05, 4.69) is 52.2 Å². The number of ether oxygens (including phenoxy) is 2. The molecule has 0 bridgehead atoms. The summed E-state index contributed by atoms with van der Waals surface area (Å²) in [6, 6.07) is 12.4. The SMILES string of the molecule is CN=C(NCc1ccc(OCCOC)cc1)NCC(C)Cc1cccs1.I. The van der Waals surface area contributed by atoms with Gasteiger partial charge in [0.15, 0.2) is 5.96 Å². The van der Waals surface area contributed by atoms with Crippen LogP contribution < -0.4 is 15.4 Å². The highest BCUT2D eigenvalue weighted by Gasteiger charge is 2.06. The zero-order valence-electron chi connectivity index (χ0n) is 16.2. The first kappa shape index (κ1) is 23.7. The normalized spacial score (nSPS) is 12.2. The molecule has 0 radical (unpaired) electrons. The average Bonchev–Trinajstić information content (AvgIpc) is 3.16. The summed E-state index contributed by atoms with van der Waals surface area (Å²) in [4.78, 5) is 5.72. The van der Waals surface area contributed by atoms with Crippen LogP contribution in [0, 0.1) is 5.92 Å². The quantitative estimate of drug-likeness (QED) is 0.223. The van der Waals surface area contributed by atoms with E-state index < -0.39 is 0 Å². The van der Waals surface area contributed by atoms with Crippen LogP contribution in [0.15, 0.2) is 46.8 Å². The molecule has 1 aromatic heterocycles. The molecule has 150 valence electrons. The summed E-state index contributed by atoms with van der Waals surface area (Å²) in [5.74, 6) is 2.23. The van der Waals surface area contributed by atoms with Crippen LogP contribution in [-0.4, -0.2) is 39.9 Å². The van der Waals surface area contributed by atoms with Gasteiger partial charge in [-0.15, -0.1) is 35.3 Å². The third-order valence-corrected chi connectivity index (χ3v) is 4.81. The summed E-state index contributed by atoms with van der Waals surface area (Å²) in [6.45, 7) is 5.02. The molecule has 2 N–H and O–H groups in total. The Hall–Kier alpha value is -1.32. The number of guanidine groups is 1. The average molecular weight is 503 g/mol. The molecule has 1 atom stereocenters. The Morgan fingerprint density at radius 2 is 1.93 bits per heavy atom. The minimum Gasteiger partial charge on any atom is -0.491 e. The predicted octanol–water partition coefficient (Wildman–Crippen LogP) is 3.94. The van der Waals surface area contributed by atoms with Gasteiger partial charge in [0.25, 0.3) is 0 Å². The van der Waals surface area contributed by atoms with Crippen molar-refractivity contribution in [1.82, 2.24) is 10.6 Å². The summed E-state index contributed by atoms with van der Waals surface area (Å²) < 4.78 is 10.6. The summed E-state index contributed by atoms with van der Waals surface area (Å²) in [5.41, 5.74) is 1.18. The van der Waals surface area contributed by atoms with Gasteiger partial charge in [-0.05, 0) is 41.5 Å². The summed E-state index contributed by atoms with van der Waals surface area (Å²) in [6.07, 6.45) is 1.09. The maximum Gasteiger partial charge on any atom is 0.191 e. The summed E-state index contributed by atoms with van der Waals surface area (Å²) in [5, 5.41) is 8.88. The molecule has 7 heteroatoms. The number of nitrogens with one attached hydrogen (secondary N) is 2. The zero-order valence-corrected chi connectivity index (χ0v) is 19.4. The second-order valence-corrected chi connectivity index (χ2v) is 7.21. The van der Waals surface area contributed by atoms with Gasteiger partial charge in [0.1, 0.15) is 12.4 Å². The summed E-state index contributed by atoms with van der Waals surface area (Å²) in [7, 11) is 3.47. The lowest BCUT2D eigenvalue weighted by atomic mass is 10.1. The third kappa shape index (κ3) is 9.44.